The van der Waals surface area contributed by atoms with Crippen LogP contribution < -0.4 is 4.90 Å². The minimum atomic E-state index is 0.154. The zero-order valence-corrected chi connectivity index (χ0v) is 16.4. The van der Waals surface area contributed by atoms with Crippen molar-refractivity contribution in [1.29, 1.82) is 0 Å². The summed E-state index contributed by atoms with van der Waals surface area (Å²) in [6, 6.07) is 8.40. The van der Waals surface area contributed by atoms with Crippen molar-refractivity contribution < 1.29 is 9.53 Å². The molecule has 4 heterocycles. The Bertz CT molecular complexity index is 984. The molecule has 0 radical (unpaired) electrons. The van der Waals surface area contributed by atoms with Crippen LogP contribution in [0, 0.1) is 0 Å². The number of nitrogens with zero attached hydrogens (tertiary/aromatic N) is 4. The van der Waals surface area contributed by atoms with Crippen LogP contribution in [-0.2, 0) is 4.74 Å². The van der Waals surface area contributed by atoms with E-state index >= 15 is 0 Å². The number of benzene rings is 1. The molecule has 5 rings (SSSR count). The van der Waals surface area contributed by atoms with Crippen molar-refractivity contribution in [2.75, 3.05) is 44.3 Å². The van der Waals surface area contributed by atoms with Crippen molar-refractivity contribution in [3.63, 3.8) is 0 Å². The van der Waals surface area contributed by atoms with Gasteiger partial charge in [-0.05, 0) is 23.4 Å². The third-order valence-corrected chi connectivity index (χ3v) is 6.81. The average Bonchev–Trinajstić information content (AvgIpc) is 3.39. The van der Waals surface area contributed by atoms with Gasteiger partial charge in [0.1, 0.15) is 6.33 Å². The molecule has 1 aromatic carbocycles. The van der Waals surface area contributed by atoms with Crippen LogP contribution in [0.4, 0.5) is 5.69 Å². The predicted octanol–water partition coefficient (Wildman–Crippen LogP) is 3.16. The van der Waals surface area contributed by atoms with E-state index in [9.17, 15) is 4.79 Å². The maximum absolute atomic E-state index is 13.3. The van der Waals surface area contributed by atoms with Crippen LogP contribution in [0.25, 0.3) is 10.1 Å². The Labute approximate surface area is 167 Å². The third-order valence-electron chi connectivity index (χ3n) is 5.64. The van der Waals surface area contributed by atoms with Crippen molar-refractivity contribution in [3.05, 3.63) is 53.4 Å². The summed E-state index contributed by atoms with van der Waals surface area (Å²) in [5.41, 5.74) is 2.27. The Kier molecular flexibility index (Phi) is 4.70. The number of hydrogen-bond donors (Lipinski definition) is 0. The number of ether oxygens (including phenoxy) is 1. The highest BCUT2D eigenvalue weighted by Gasteiger charge is 2.32. The van der Waals surface area contributed by atoms with Gasteiger partial charge in [-0.1, -0.05) is 18.2 Å². The molecule has 0 spiro atoms. The zero-order chi connectivity index (χ0) is 18.9. The van der Waals surface area contributed by atoms with Crippen LogP contribution in [-0.4, -0.2) is 60.2 Å². The molecule has 2 aromatic heterocycles. The van der Waals surface area contributed by atoms with Crippen LogP contribution in [0.15, 0.2) is 43.0 Å². The number of rotatable bonds is 3. The highest BCUT2D eigenvalue weighted by atomic mass is 32.1. The van der Waals surface area contributed by atoms with Gasteiger partial charge >= 0.3 is 0 Å². The van der Waals surface area contributed by atoms with Gasteiger partial charge in [0.15, 0.2) is 0 Å². The molecule has 0 aliphatic carbocycles. The molecule has 6 nitrogen and oxygen atoms in total. The lowest BCUT2D eigenvalue weighted by molar-refractivity contribution is 0.0305. The van der Waals surface area contributed by atoms with Crippen LogP contribution in [0.2, 0.25) is 0 Å². The van der Waals surface area contributed by atoms with E-state index in [0.717, 1.165) is 30.1 Å². The highest BCUT2D eigenvalue weighted by molar-refractivity contribution is 7.21. The summed E-state index contributed by atoms with van der Waals surface area (Å²) >= 11 is 1.63. The van der Waals surface area contributed by atoms with Crippen LogP contribution >= 0.6 is 11.3 Å². The fourth-order valence-electron chi connectivity index (χ4n) is 4.22. The smallest absolute Gasteiger partial charge is 0.264 e. The molecular weight excluding hydrogens is 372 g/mol. The van der Waals surface area contributed by atoms with Crippen molar-refractivity contribution in [1.82, 2.24) is 14.9 Å². The molecule has 7 heteroatoms. The quantitative estimate of drug-likeness (QED) is 0.683. The highest BCUT2D eigenvalue weighted by Crippen LogP contribution is 2.41. The van der Waals surface area contributed by atoms with E-state index in [1.807, 2.05) is 23.4 Å². The number of amides is 1. The van der Waals surface area contributed by atoms with E-state index in [4.69, 9.17) is 4.74 Å². The first kappa shape index (κ1) is 17.6. The summed E-state index contributed by atoms with van der Waals surface area (Å²) in [6.07, 6.45) is 6.31. The number of carbonyl (C=O) groups is 1. The Hall–Kier alpha value is -2.51. The van der Waals surface area contributed by atoms with E-state index in [1.165, 1.54) is 15.6 Å². The zero-order valence-electron chi connectivity index (χ0n) is 15.6. The molecule has 2 aliphatic rings. The number of hydrogen-bond acceptors (Lipinski definition) is 6. The molecular formula is C21H22N4O2S. The van der Waals surface area contributed by atoms with Gasteiger partial charge in [0, 0.05) is 36.8 Å². The maximum Gasteiger partial charge on any atom is 0.264 e. The van der Waals surface area contributed by atoms with Gasteiger partial charge in [0.25, 0.3) is 5.91 Å². The van der Waals surface area contributed by atoms with E-state index in [2.05, 4.69) is 33.1 Å². The lowest BCUT2D eigenvalue weighted by Gasteiger charge is -2.27. The molecule has 2 fully saturated rings. The SMILES string of the molecule is O=C(c1sc2ccccc2c1[C@@H]1CCN(c2cncnc2)C1)N1CCOCC1. The predicted molar refractivity (Wildman–Crippen MR) is 110 cm³/mol. The second-order valence-corrected chi connectivity index (χ2v) is 8.33. The van der Waals surface area contributed by atoms with Crippen LogP contribution in [0.1, 0.15) is 27.6 Å². The summed E-state index contributed by atoms with van der Waals surface area (Å²) in [4.78, 5) is 26.8. The van der Waals surface area contributed by atoms with E-state index in [0.29, 0.717) is 32.2 Å². The van der Waals surface area contributed by atoms with Gasteiger partial charge in [-0.2, -0.15) is 0 Å². The molecule has 28 heavy (non-hydrogen) atoms. The molecule has 144 valence electrons. The van der Waals surface area contributed by atoms with Gasteiger partial charge in [0.05, 0.1) is 36.2 Å². The Morgan fingerprint density at radius 3 is 2.71 bits per heavy atom. The number of fused-ring (bicyclic) bond motifs is 1. The third kappa shape index (κ3) is 3.14. The first-order valence-corrected chi connectivity index (χ1v) is 10.5. The molecule has 3 aromatic rings. The number of aromatic nitrogens is 2. The van der Waals surface area contributed by atoms with Crippen LogP contribution in [0.5, 0.6) is 0 Å². The molecule has 1 amide bonds. The van der Waals surface area contributed by atoms with E-state index in [-0.39, 0.29) is 5.91 Å². The summed E-state index contributed by atoms with van der Waals surface area (Å²) in [5.74, 6) is 0.484. The summed E-state index contributed by atoms with van der Waals surface area (Å²) in [6.45, 7) is 4.43. The van der Waals surface area contributed by atoms with Gasteiger partial charge in [-0.3, -0.25) is 4.79 Å². The number of thiophene rings is 1. The second-order valence-electron chi connectivity index (χ2n) is 7.27. The lowest BCUT2D eigenvalue weighted by Crippen LogP contribution is -2.40. The standard InChI is InChI=1S/C21H22N4O2S/c26-21(24-7-9-27-10-8-24)20-19(17-3-1-2-4-18(17)28-20)15-5-6-25(13-15)16-11-22-14-23-12-16/h1-4,11-12,14-15H,5-10,13H2/t15-/m1/s1. The summed E-state index contributed by atoms with van der Waals surface area (Å²) < 4.78 is 6.62. The van der Waals surface area contributed by atoms with Gasteiger partial charge in [0.2, 0.25) is 0 Å². The van der Waals surface area contributed by atoms with Crippen molar-refractivity contribution in [3.8, 4) is 0 Å². The van der Waals surface area contributed by atoms with Gasteiger partial charge < -0.3 is 14.5 Å². The molecule has 0 unspecified atom stereocenters. The van der Waals surface area contributed by atoms with E-state index < -0.39 is 0 Å². The molecule has 1 atom stereocenters. The molecule has 0 bridgehead atoms. The van der Waals surface area contributed by atoms with Crippen LogP contribution in [0.3, 0.4) is 0 Å². The maximum atomic E-state index is 13.3. The fraction of sp³-hybridized carbons (Fsp3) is 0.381. The Morgan fingerprint density at radius 1 is 1.11 bits per heavy atom. The molecule has 2 aliphatic heterocycles. The summed E-state index contributed by atoms with van der Waals surface area (Å²) in [7, 11) is 0. The first-order valence-electron chi connectivity index (χ1n) is 9.69. The minimum Gasteiger partial charge on any atom is -0.378 e. The Morgan fingerprint density at radius 2 is 1.89 bits per heavy atom. The minimum absolute atomic E-state index is 0.154. The van der Waals surface area contributed by atoms with Crippen molar-refractivity contribution in [2.45, 2.75) is 12.3 Å². The molecule has 0 N–H and O–H groups in total. The van der Waals surface area contributed by atoms with Gasteiger partial charge in [-0.15, -0.1) is 11.3 Å². The van der Waals surface area contributed by atoms with E-state index in [1.54, 1.807) is 17.7 Å². The molecule has 2 saturated heterocycles. The van der Waals surface area contributed by atoms with Gasteiger partial charge in [-0.25, -0.2) is 9.97 Å². The first-order chi connectivity index (χ1) is 13.8. The monoisotopic (exact) mass is 394 g/mol. The summed E-state index contributed by atoms with van der Waals surface area (Å²) in [5, 5.41) is 1.22. The topological polar surface area (TPSA) is 58.6 Å². The normalized spacial score (nSPS) is 20.1. The lowest BCUT2D eigenvalue weighted by atomic mass is 9.94. The number of anilines is 1. The Balaban J connectivity index is 1.50. The molecule has 0 saturated carbocycles. The number of morpholine rings is 1. The largest absolute Gasteiger partial charge is 0.378 e. The fourth-order valence-corrected chi connectivity index (χ4v) is 5.48. The second kappa shape index (κ2) is 7.48. The number of carbonyl (C=O) groups excluding carboxylic acids is 1. The average molecular weight is 395 g/mol. The van der Waals surface area contributed by atoms with Crippen molar-refractivity contribution >= 4 is 33.0 Å². The van der Waals surface area contributed by atoms with Crippen molar-refractivity contribution in [2.24, 2.45) is 0 Å².